The smallest absolute Gasteiger partial charge is 0.191 e. The number of benzene rings is 1. The molecule has 0 fully saturated rings. The van der Waals surface area contributed by atoms with Gasteiger partial charge in [0.25, 0.3) is 0 Å². The molecular formula is C16H23FN4. The maximum absolute atomic E-state index is 13.2. The monoisotopic (exact) mass is 290 g/mol. The van der Waals surface area contributed by atoms with Gasteiger partial charge in [-0.15, -0.1) is 0 Å². The highest BCUT2D eigenvalue weighted by molar-refractivity contribution is 5.83. The number of halogens is 1. The second-order valence-electron chi connectivity index (χ2n) is 6.13. The molecule has 0 radical (unpaired) electrons. The molecule has 0 unspecified atom stereocenters. The highest BCUT2D eigenvalue weighted by Crippen LogP contribution is 2.19. The molecule has 1 aromatic heterocycles. The van der Waals surface area contributed by atoms with Gasteiger partial charge in [0.15, 0.2) is 5.96 Å². The molecule has 0 spiro atoms. The Hall–Kier alpha value is -2.04. The highest BCUT2D eigenvalue weighted by atomic mass is 19.1. The summed E-state index contributed by atoms with van der Waals surface area (Å²) < 4.78 is 13.2. The van der Waals surface area contributed by atoms with Gasteiger partial charge in [-0.2, -0.15) is 0 Å². The van der Waals surface area contributed by atoms with Crippen LogP contribution in [-0.2, 0) is 6.42 Å². The van der Waals surface area contributed by atoms with Crippen molar-refractivity contribution in [1.82, 2.24) is 15.6 Å². The van der Waals surface area contributed by atoms with Crippen molar-refractivity contribution in [2.24, 2.45) is 4.99 Å². The van der Waals surface area contributed by atoms with Gasteiger partial charge in [-0.25, -0.2) is 4.39 Å². The van der Waals surface area contributed by atoms with Crippen molar-refractivity contribution in [3.63, 3.8) is 0 Å². The Kier molecular flexibility index (Phi) is 4.50. The molecular weight excluding hydrogens is 267 g/mol. The van der Waals surface area contributed by atoms with Crippen LogP contribution >= 0.6 is 0 Å². The fourth-order valence-corrected chi connectivity index (χ4v) is 2.22. The minimum absolute atomic E-state index is 0.0276. The van der Waals surface area contributed by atoms with Gasteiger partial charge in [-0.1, -0.05) is 0 Å². The van der Waals surface area contributed by atoms with Gasteiger partial charge in [-0.3, -0.25) is 4.99 Å². The predicted molar refractivity (Wildman–Crippen MR) is 86.2 cm³/mol. The zero-order valence-electron chi connectivity index (χ0n) is 13.0. The lowest BCUT2D eigenvalue weighted by Gasteiger charge is -2.23. The summed E-state index contributed by atoms with van der Waals surface area (Å²) in [7, 11) is 1.76. The largest absolute Gasteiger partial charge is 0.361 e. The SMILES string of the molecule is CN=C(NCCc1c[nH]c2cc(F)ccc12)NC(C)(C)C. The quantitative estimate of drug-likeness (QED) is 0.601. The molecule has 3 N–H and O–H groups in total. The Bertz CT molecular complexity index is 637. The molecule has 0 aliphatic heterocycles. The summed E-state index contributed by atoms with van der Waals surface area (Å²) in [6.45, 7) is 7.04. The summed E-state index contributed by atoms with van der Waals surface area (Å²) in [5, 5.41) is 7.67. The second kappa shape index (κ2) is 6.16. The summed E-state index contributed by atoms with van der Waals surface area (Å²) in [6, 6.07) is 4.83. The third-order valence-electron chi connectivity index (χ3n) is 3.13. The van der Waals surface area contributed by atoms with Crippen LogP contribution in [0.1, 0.15) is 26.3 Å². The Balaban J connectivity index is 1.96. The van der Waals surface area contributed by atoms with E-state index in [0.717, 1.165) is 29.8 Å². The second-order valence-corrected chi connectivity index (χ2v) is 6.13. The minimum Gasteiger partial charge on any atom is -0.361 e. The first kappa shape index (κ1) is 15.4. The maximum atomic E-state index is 13.2. The van der Waals surface area contributed by atoms with Gasteiger partial charge in [-0.05, 0) is 51.0 Å². The van der Waals surface area contributed by atoms with E-state index in [9.17, 15) is 4.39 Å². The average Bonchev–Trinajstić information content (AvgIpc) is 2.78. The van der Waals surface area contributed by atoms with E-state index in [1.807, 2.05) is 12.3 Å². The van der Waals surface area contributed by atoms with Crippen molar-refractivity contribution in [1.29, 1.82) is 0 Å². The first-order valence-electron chi connectivity index (χ1n) is 7.13. The first-order chi connectivity index (χ1) is 9.89. The third kappa shape index (κ3) is 4.21. The molecule has 0 aliphatic rings. The van der Waals surface area contributed by atoms with E-state index in [1.165, 1.54) is 17.7 Å². The van der Waals surface area contributed by atoms with Crippen molar-refractivity contribution in [3.8, 4) is 0 Å². The molecule has 0 aliphatic carbocycles. The predicted octanol–water partition coefficient (Wildman–Crippen LogP) is 2.81. The third-order valence-corrected chi connectivity index (χ3v) is 3.13. The van der Waals surface area contributed by atoms with Crippen LogP contribution in [0.2, 0.25) is 0 Å². The number of hydrogen-bond donors (Lipinski definition) is 3. The van der Waals surface area contributed by atoms with Crippen molar-refractivity contribution < 1.29 is 4.39 Å². The van der Waals surface area contributed by atoms with Crippen LogP contribution in [0.15, 0.2) is 29.4 Å². The standard InChI is InChI=1S/C16H23FN4/c1-16(2,3)21-15(18-4)19-8-7-11-10-20-14-9-12(17)5-6-13(11)14/h5-6,9-10,20H,7-8H2,1-4H3,(H2,18,19,21). The number of H-pyrrole nitrogens is 1. The number of rotatable bonds is 3. The summed E-state index contributed by atoms with van der Waals surface area (Å²) in [4.78, 5) is 7.31. The normalized spacial score (nSPS) is 12.7. The molecule has 2 aromatic rings. The Morgan fingerprint density at radius 3 is 2.76 bits per heavy atom. The Labute approximate surface area is 124 Å². The van der Waals surface area contributed by atoms with Crippen molar-refractivity contribution >= 4 is 16.9 Å². The average molecular weight is 290 g/mol. The molecule has 0 saturated heterocycles. The maximum Gasteiger partial charge on any atom is 0.191 e. The molecule has 114 valence electrons. The van der Waals surface area contributed by atoms with Crippen LogP contribution in [0.3, 0.4) is 0 Å². The van der Waals surface area contributed by atoms with Crippen LogP contribution in [0.25, 0.3) is 10.9 Å². The van der Waals surface area contributed by atoms with E-state index >= 15 is 0 Å². The number of aromatic nitrogens is 1. The van der Waals surface area contributed by atoms with E-state index in [2.05, 4.69) is 41.4 Å². The molecule has 0 amide bonds. The van der Waals surface area contributed by atoms with E-state index in [1.54, 1.807) is 7.05 Å². The summed E-state index contributed by atoms with van der Waals surface area (Å²) in [6.07, 6.45) is 2.78. The number of guanidine groups is 1. The van der Waals surface area contributed by atoms with Crippen LogP contribution in [0.5, 0.6) is 0 Å². The van der Waals surface area contributed by atoms with Gasteiger partial charge in [0, 0.05) is 36.2 Å². The zero-order chi connectivity index (χ0) is 15.5. The number of aliphatic imine (C=N–C) groups is 1. The molecule has 5 heteroatoms. The van der Waals surface area contributed by atoms with Crippen molar-refractivity contribution in [2.45, 2.75) is 32.7 Å². The summed E-state index contributed by atoms with van der Waals surface area (Å²) >= 11 is 0. The first-order valence-corrected chi connectivity index (χ1v) is 7.13. The van der Waals surface area contributed by atoms with E-state index in [-0.39, 0.29) is 11.4 Å². The fraction of sp³-hybridized carbons (Fsp3) is 0.438. The molecule has 0 saturated carbocycles. The Morgan fingerprint density at radius 1 is 1.33 bits per heavy atom. The van der Waals surface area contributed by atoms with Gasteiger partial charge in [0.05, 0.1) is 0 Å². The molecule has 1 aromatic carbocycles. The van der Waals surface area contributed by atoms with Crippen molar-refractivity contribution in [3.05, 3.63) is 35.8 Å². The topological polar surface area (TPSA) is 52.2 Å². The number of nitrogens with zero attached hydrogens (tertiary/aromatic N) is 1. The summed E-state index contributed by atoms with van der Waals surface area (Å²) in [5.74, 6) is 0.567. The lowest BCUT2D eigenvalue weighted by molar-refractivity contribution is 0.501. The Morgan fingerprint density at radius 2 is 2.10 bits per heavy atom. The van der Waals surface area contributed by atoms with Gasteiger partial charge < -0.3 is 15.6 Å². The van der Waals surface area contributed by atoms with Crippen LogP contribution < -0.4 is 10.6 Å². The van der Waals surface area contributed by atoms with Gasteiger partial charge in [0.2, 0.25) is 0 Å². The minimum atomic E-state index is -0.219. The van der Waals surface area contributed by atoms with Crippen LogP contribution in [0, 0.1) is 5.82 Å². The van der Waals surface area contributed by atoms with E-state index in [0.29, 0.717) is 0 Å². The van der Waals surface area contributed by atoms with Gasteiger partial charge in [0.1, 0.15) is 5.82 Å². The summed E-state index contributed by atoms with van der Waals surface area (Å²) in [5.41, 5.74) is 1.98. The highest BCUT2D eigenvalue weighted by Gasteiger charge is 2.11. The lowest BCUT2D eigenvalue weighted by atomic mass is 10.1. The molecule has 4 nitrogen and oxygen atoms in total. The van der Waals surface area contributed by atoms with Crippen LogP contribution in [0.4, 0.5) is 4.39 Å². The van der Waals surface area contributed by atoms with Crippen molar-refractivity contribution in [2.75, 3.05) is 13.6 Å². The number of fused-ring (bicyclic) bond motifs is 1. The molecule has 0 bridgehead atoms. The number of hydrogen-bond acceptors (Lipinski definition) is 1. The molecule has 21 heavy (non-hydrogen) atoms. The van der Waals surface area contributed by atoms with E-state index in [4.69, 9.17) is 0 Å². The molecule has 0 atom stereocenters. The number of nitrogens with one attached hydrogen (secondary N) is 3. The van der Waals surface area contributed by atoms with Crippen LogP contribution in [-0.4, -0.2) is 30.1 Å². The zero-order valence-corrected chi connectivity index (χ0v) is 13.0. The fourth-order valence-electron chi connectivity index (χ4n) is 2.22. The molecule has 2 rings (SSSR count). The molecule has 1 heterocycles. The number of aromatic amines is 1. The van der Waals surface area contributed by atoms with Gasteiger partial charge >= 0.3 is 0 Å². The van der Waals surface area contributed by atoms with E-state index < -0.39 is 0 Å². The lowest BCUT2D eigenvalue weighted by Crippen LogP contribution is -2.48.